The molecular weight excluding hydrogens is 268 g/mol. The van der Waals surface area contributed by atoms with Crippen molar-refractivity contribution in [3.05, 3.63) is 17.6 Å². The number of hydrogen-bond donors (Lipinski definition) is 4. The Kier molecular flexibility index (Phi) is 5.44. The molecule has 0 unspecified atom stereocenters. The summed E-state index contributed by atoms with van der Waals surface area (Å²) < 4.78 is 0. The number of unbranched alkanes of at least 4 members (excludes halogenated alkanes) is 3. The zero-order valence-corrected chi connectivity index (χ0v) is 12.5. The van der Waals surface area contributed by atoms with Crippen LogP contribution in [0.1, 0.15) is 44.1 Å². The van der Waals surface area contributed by atoms with E-state index in [2.05, 4.69) is 42.8 Å². The van der Waals surface area contributed by atoms with Gasteiger partial charge in [-0.25, -0.2) is 10.8 Å². The van der Waals surface area contributed by atoms with Crippen LogP contribution in [0.2, 0.25) is 0 Å². The molecule has 0 bridgehead atoms. The zero-order chi connectivity index (χ0) is 15.1. The van der Waals surface area contributed by atoms with Crippen LogP contribution in [0.25, 0.3) is 0 Å². The predicted octanol–water partition coefficient (Wildman–Crippen LogP) is 2.06. The molecule has 0 aromatic carbocycles. The second kappa shape index (κ2) is 7.53. The largest absolute Gasteiger partial charge is 0.308 e. The van der Waals surface area contributed by atoms with E-state index in [1.54, 1.807) is 6.07 Å². The van der Waals surface area contributed by atoms with Gasteiger partial charge in [0.15, 0.2) is 0 Å². The molecule has 0 spiro atoms. The standard InChI is InChI=1S/C13H22N8/c1-3-4-5-6-7-10-16-13(21-20-10)18-12-15-9(2)8-11(17-12)19-14/h8H,3-7,14H2,1-2H3,(H3,15,16,17,18,19,20,21). The molecule has 5 N–H and O–H groups in total. The van der Waals surface area contributed by atoms with Crippen LogP contribution in [0.3, 0.4) is 0 Å². The number of nitrogen functional groups attached to an aromatic ring is 1. The minimum absolute atomic E-state index is 0.416. The van der Waals surface area contributed by atoms with Crippen molar-refractivity contribution in [2.45, 2.75) is 46.0 Å². The van der Waals surface area contributed by atoms with Gasteiger partial charge >= 0.3 is 0 Å². The molecule has 0 saturated heterocycles. The number of nitrogens with two attached hydrogens (primary N) is 1. The Bertz CT molecular complexity index is 565. The number of nitrogens with zero attached hydrogens (tertiary/aromatic N) is 4. The number of hydrogen-bond acceptors (Lipinski definition) is 7. The maximum Gasteiger partial charge on any atom is 0.248 e. The molecule has 21 heavy (non-hydrogen) atoms. The van der Waals surface area contributed by atoms with Crippen LogP contribution in [-0.4, -0.2) is 25.1 Å². The van der Waals surface area contributed by atoms with Gasteiger partial charge in [0.1, 0.15) is 11.6 Å². The van der Waals surface area contributed by atoms with Crippen molar-refractivity contribution < 1.29 is 0 Å². The van der Waals surface area contributed by atoms with Crippen molar-refractivity contribution in [2.24, 2.45) is 5.84 Å². The Labute approximate surface area is 124 Å². The van der Waals surface area contributed by atoms with Crippen molar-refractivity contribution >= 4 is 17.7 Å². The van der Waals surface area contributed by atoms with E-state index in [0.717, 1.165) is 24.4 Å². The Morgan fingerprint density at radius 1 is 1.14 bits per heavy atom. The topological polar surface area (TPSA) is 117 Å². The van der Waals surface area contributed by atoms with E-state index in [4.69, 9.17) is 5.84 Å². The summed E-state index contributed by atoms with van der Waals surface area (Å²) in [5.74, 6) is 7.66. The van der Waals surface area contributed by atoms with Crippen molar-refractivity contribution in [1.29, 1.82) is 0 Å². The van der Waals surface area contributed by atoms with Gasteiger partial charge in [0.2, 0.25) is 11.9 Å². The van der Waals surface area contributed by atoms with Gasteiger partial charge in [-0.15, -0.1) is 5.10 Å². The number of hydrazine groups is 1. The Morgan fingerprint density at radius 2 is 2.00 bits per heavy atom. The fourth-order valence-electron chi connectivity index (χ4n) is 1.98. The summed E-state index contributed by atoms with van der Waals surface area (Å²) in [4.78, 5) is 12.8. The molecule has 0 saturated carbocycles. The fourth-order valence-corrected chi connectivity index (χ4v) is 1.98. The zero-order valence-electron chi connectivity index (χ0n) is 12.5. The summed E-state index contributed by atoms with van der Waals surface area (Å²) >= 11 is 0. The fraction of sp³-hybridized carbons (Fsp3) is 0.538. The second-order valence-electron chi connectivity index (χ2n) is 4.90. The number of H-pyrrole nitrogens is 1. The van der Waals surface area contributed by atoms with E-state index in [1.807, 2.05) is 6.92 Å². The van der Waals surface area contributed by atoms with Crippen LogP contribution < -0.4 is 16.6 Å². The van der Waals surface area contributed by atoms with Gasteiger partial charge < -0.3 is 5.43 Å². The first-order chi connectivity index (χ1) is 10.2. The molecule has 2 aromatic rings. The predicted molar refractivity (Wildman–Crippen MR) is 82.1 cm³/mol. The summed E-state index contributed by atoms with van der Waals surface area (Å²) in [7, 11) is 0. The average Bonchev–Trinajstić information content (AvgIpc) is 2.90. The van der Waals surface area contributed by atoms with Crippen molar-refractivity contribution in [1.82, 2.24) is 25.1 Å². The first-order valence-electron chi connectivity index (χ1n) is 7.22. The van der Waals surface area contributed by atoms with Crippen LogP contribution in [0.4, 0.5) is 17.7 Å². The Balaban J connectivity index is 1.94. The molecule has 0 aliphatic carbocycles. The van der Waals surface area contributed by atoms with Gasteiger partial charge in [-0.1, -0.05) is 26.2 Å². The summed E-state index contributed by atoms with van der Waals surface area (Å²) in [6.07, 6.45) is 5.72. The first kappa shape index (κ1) is 15.2. The third-order valence-corrected chi connectivity index (χ3v) is 3.02. The van der Waals surface area contributed by atoms with E-state index >= 15 is 0 Å². The monoisotopic (exact) mass is 290 g/mol. The molecule has 0 fully saturated rings. The Morgan fingerprint density at radius 3 is 2.76 bits per heavy atom. The lowest BCUT2D eigenvalue weighted by Gasteiger charge is -2.04. The van der Waals surface area contributed by atoms with Crippen LogP contribution >= 0.6 is 0 Å². The van der Waals surface area contributed by atoms with Crippen LogP contribution in [0, 0.1) is 6.92 Å². The summed E-state index contributed by atoms with van der Waals surface area (Å²) in [5.41, 5.74) is 3.30. The molecule has 0 radical (unpaired) electrons. The molecule has 2 heterocycles. The number of anilines is 3. The van der Waals surface area contributed by atoms with E-state index in [9.17, 15) is 0 Å². The molecule has 0 atom stereocenters. The van der Waals surface area contributed by atoms with Gasteiger partial charge in [0.25, 0.3) is 0 Å². The average molecular weight is 290 g/mol. The van der Waals surface area contributed by atoms with E-state index in [0.29, 0.717) is 17.7 Å². The highest BCUT2D eigenvalue weighted by molar-refractivity contribution is 5.47. The van der Waals surface area contributed by atoms with Crippen molar-refractivity contribution in [3.8, 4) is 0 Å². The lowest BCUT2D eigenvalue weighted by molar-refractivity contribution is 0.653. The van der Waals surface area contributed by atoms with Gasteiger partial charge in [-0.2, -0.15) is 9.97 Å². The lowest BCUT2D eigenvalue weighted by Crippen LogP contribution is -2.11. The molecule has 2 rings (SSSR count). The van der Waals surface area contributed by atoms with Gasteiger partial charge in [0.05, 0.1) is 0 Å². The maximum atomic E-state index is 5.36. The molecule has 8 heteroatoms. The molecular formula is C13H22N8. The summed E-state index contributed by atoms with van der Waals surface area (Å²) in [6.45, 7) is 4.06. The number of aryl methyl sites for hydroxylation is 2. The Hall–Kier alpha value is -2.22. The summed E-state index contributed by atoms with van der Waals surface area (Å²) in [6, 6.07) is 1.75. The number of rotatable bonds is 8. The highest BCUT2D eigenvalue weighted by atomic mass is 15.3. The van der Waals surface area contributed by atoms with Crippen LogP contribution in [0.15, 0.2) is 6.07 Å². The van der Waals surface area contributed by atoms with E-state index in [-0.39, 0.29) is 0 Å². The van der Waals surface area contributed by atoms with Crippen molar-refractivity contribution in [3.63, 3.8) is 0 Å². The third-order valence-electron chi connectivity index (χ3n) is 3.02. The molecule has 0 aliphatic heterocycles. The first-order valence-corrected chi connectivity index (χ1v) is 7.22. The molecule has 114 valence electrons. The minimum Gasteiger partial charge on any atom is -0.308 e. The normalized spacial score (nSPS) is 10.6. The molecule has 0 aliphatic rings. The van der Waals surface area contributed by atoms with E-state index in [1.165, 1.54) is 19.3 Å². The molecule has 0 amide bonds. The number of nitrogens with one attached hydrogen (secondary N) is 3. The van der Waals surface area contributed by atoms with Gasteiger partial charge in [0, 0.05) is 18.2 Å². The van der Waals surface area contributed by atoms with E-state index < -0.39 is 0 Å². The highest BCUT2D eigenvalue weighted by Gasteiger charge is 2.06. The van der Waals surface area contributed by atoms with Crippen LogP contribution in [0.5, 0.6) is 0 Å². The van der Waals surface area contributed by atoms with Crippen molar-refractivity contribution in [2.75, 3.05) is 10.7 Å². The van der Waals surface area contributed by atoms with Gasteiger partial charge in [-0.3, -0.25) is 10.4 Å². The highest BCUT2D eigenvalue weighted by Crippen LogP contribution is 2.12. The van der Waals surface area contributed by atoms with Crippen LogP contribution in [-0.2, 0) is 6.42 Å². The SMILES string of the molecule is CCCCCCc1nc(Nc2nc(C)cc(NN)n2)n[nH]1. The third kappa shape index (κ3) is 4.67. The number of aromatic amines is 1. The second-order valence-corrected chi connectivity index (χ2v) is 4.90. The maximum absolute atomic E-state index is 5.36. The molecule has 8 nitrogen and oxygen atoms in total. The summed E-state index contributed by atoms with van der Waals surface area (Å²) in [5, 5.41) is 10.0. The van der Waals surface area contributed by atoms with Gasteiger partial charge in [-0.05, 0) is 13.3 Å². The smallest absolute Gasteiger partial charge is 0.248 e. The minimum atomic E-state index is 0.416. The lowest BCUT2D eigenvalue weighted by atomic mass is 10.1. The molecule has 2 aromatic heterocycles. The quantitative estimate of drug-likeness (QED) is 0.334. The number of aromatic nitrogens is 5.